The van der Waals surface area contributed by atoms with Crippen molar-refractivity contribution in [2.75, 3.05) is 7.11 Å². The van der Waals surface area contributed by atoms with Crippen LogP contribution in [0.25, 0.3) is 5.90 Å². The molecule has 0 rings (SSSR count). The molecule has 0 unspecified atom stereocenters. The second-order valence-corrected chi connectivity index (χ2v) is 0.204. The molecule has 0 saturated heterocycles. The summed E-state index contributed by atoms with van der Waals surface area (Å²) in [6.45, 7) is 0. The average Bonchev–Trinajstić information content (AvgIpc) is 0.918. The van der Waals surface area contributed by atoms with E-state index < -0.39 is 0 Å². The second-order valence-electron chi connectivity index (χ2n) is 0.204. The van der Waals surface area contributed by atoms with Gasteiger partial charge in [-0.15, -0.1) is 0 Å². The Morgan fingerprint density at radius 2 is 1.60 bits per heavy atom. The quantitative estimate of drug-likeness (QED) is 0.479. The molecular formula is C2H8NOY-. The van der Waals surface area contributed by atoms with Gasteiger partial charge in [-0.05, 0) is 0 Å². The number of hydrogen-bond acceptors (Lipinski definition) is 1. The molecule has 1 N–H and O–H groups in total. The Balaban J connectivity index is -0.0000000200. The molecule has 0 spiro atoms. The van der Waals surface area contributed by atoms with Crippen LogP contribution in [0.5, 0.6) is 0 Å². The molecule has 0 aromatic carbocycles. The van der Waals surface area contributed by atoms with Crippen LogP contribution in [0.15, 0.2) is 0 Å². The van der Waals surface area contributed by atoms with E-state index in [2.05, 4.69) is 4.84 Å². The predicted molar refractivity (Wildman–Crippen MR) is 18.1 cm³/mol. The van der Waals surface area contributed by atoms with E-state index in [1.807, 2.05) is 0 Å². The Bertz CT molecular complexity index is 9.61. The van der Waals surface area contributed by atoms with Gasteiger partial charge in [0.05, 0.1) is 0 Å². The van der Waals surface area contributed by atoms with Gasteiger partial charge < -0.3 is 10.7 Å². The first-order chi connectivity index (χ1) is 1.41. The van der Waals surface area contributed by atoms with Crippen molar-refractivity contribution in [3.8, 4) is 0 Å². The normalized spacial score (nSPS) is 3.60. The fourth-order valence-electron chi connectivity index (χ4n) is 0. The largest absolute Gasteiger partial charge is 0.550 e. The van der Waals surface area contributed by atoms with E-state index in [0.717, 1.165) is 0 Å². The van der Waals surface area contributed by atoms with Gasteiger partial charge in [0, 0.05) is 39.8 Å². The molecular weight excluding hydrogens is 143 g/mol. The van der Waals surface area contributed by atoms with Gasteiger partial charge in [-0.2, -0.15) is 0 Å². The molecule has 0 bridgehead atoms. The van der Waals surface area contributed by atoms with Crippen LogP contribution < -0.4 is 0 Å². The van der Waals surface area contributed by atoms with Crippen molar-refractivity contribution in [1.82, 2.24) is 0 Å². The third-order valence-corrected chi connectivity index (χ3v) is 0. The number of hydrogen-bond donors (Lipinski definition) is 0. The van der Waals surface area contributed by atoms with E-state index >= 15 is 0 Å². The summed E-state index contributed by atoms with van der Waals surface area (Å²) in [7, 11) is 1.29. The summed E-state index contributed by atoms with van der Waals surface area (Å²) in [6.07, 6.45) is 0. The monoisotopic (exact) mass is 151 g/mol. The van der Waals surface area contributed by atoms with Crippen LogP contribution >= 0.6 is 0 Å². The van der Waals surface area contributed by atoms with Crippen molar-refractivity contribution in [2.45, 2.75) is 7.43 Å². The van der Waals surface area contributed by atoms with E-state index in [1.165, 1.54) is 7.11 Å². The van der Waals surface area contributed by atoms with Gasteiger partial charge in [0.15, 0.2) is 0 Å². The van der Waals surface area contributed by atoms with Crippen LogP contribution in [-0.4, -0.2) is 7.11 Å². The van der Waals surface area contributed by atoms with Gasteiger partial charge >= 0.3 is 0 Å². The molecule has 31 valence electrons. The molecule has 3 heteroatoms. The smallest absolute Gasteiger partial charge is 0.0129 e. The van der Waals surface area contributed by atoms with Crippen molar-refractivity contribution in [3.63, 3.8) is 0 Å². The van der Waals surface area contributed by atoms with Crippen molar-refractivity contribution >= 4 is 0 Å². The molecule has 0 aromatic heterocycles. The van der Waals surface area contributed by atoms with Crippen LogP contribution in [-0.2, 0) is 37.5 Å². The van der Waals surface area contributed by atoms with E-state index in [-0.39, 0.29) is 40.1 Å². The Hall–Kier alpha value is 1.02. The first-order valence-electron chi connectivity index (χ1n) is 0.612. The molecule has 0 atom stereocenters. The minimum absolute atomic E-state index is 0. The van der Waals surface area contributed by atoms with Crippen LogP contribution in [0.2, 0.25) is 0 Å². The SMILES string of the molecule is C.CO[NH-].[Y]. The summed E-state index contributed by atoms with van der Waals surface area (Å²) < 4.78 is 0. The molecule has 0 heterocycles. The maximum atomic E-state index is 5.71. The molecule has 2 nitrogen and oxygen atoms in total. The average molecular weight is 151 g/mol. The van der Waals surface area contributed by atoms with Gasteiger partial charge in [-0.3, -0.25) is 0 Å². The number of rotatable bonds is 0. The Kier molecular flexibility index (Phi) is 66.0. The summed E-state index contributed by atoms with van der Waals surface area (Å²) >= 11 is 0. The summed E-state index contributed by atoms with van der Waals surface area (Å²) in [5.41, 5.74) is 0. The second kappa shape index (κ2) is 19.9. The molecule has 1 radical (unpaired) electrons. The minimum Gasteiger partial charge on any atom is -0.550 e. The molecule has 0 aromatic rings. The van der Waals surface area contributed by atoms with E-state index in [4.69, 9.17) is 5.90 Å². The van der Waals surface area contributed by atoms with Crippen molar-refractivity contribution in [3.05, 3.63) is 5.90 Å². The van der Waals surface area contributed by atoms with Crippen LogP contribution in [0, 0.1) is 0 Å². The predicted octanol–water partition coefficient (Wildman–Crippen LogP) is 1.23. The van der Waals surface area contributed by atoms with Gasteiger partial charge in [-0.1, -0.05) is 7.43 Å². The fraction of sp³-hybridized carbons (Fsp3) is 1.00. The Labute approximate surface area is 57.9 Å². The summed E-state index contributed by atoms with van der Waals surface area (Å²) in [5, 5.41) is 0. The zero-order valence-corrected chi connectivity index (χ0v) is 5.32. The molecule has 0 aliphatic carbocycles. The van der Waals surface area contributed by atoms with Gasteiger partial charge in [-0.25, -0.2) is 0 Å². The van der Waals surface area contributed by atoms with E-state index in [1.54, 1.807) is 0 Å². The van der Waals surface area contributed by atoms with E-state index in [9.17, 15) is 0 Å². The fourth-order valence-corrected chi connectivity index (χ4v) is 0. The molecule has 0 aliphatic heterocycles. The third-order valence-electron chi connectivity index (χ3n) is 0. The Morgan fingerprint density at radius 1 is 1.60 bits per heavy atom. The van der Waals surface area contributed by atoms with Crippen molar-refractivity contribution in [2.24, 2.45) is 0 Å². The first kappa shape index (κ1) is 16.6. The van der Waals surface area contributed by atoms with Gasteiger partial charge in [0.25, 0.3) is 0 Å². The van der Waals surface area contributed by atoms with Crippen molar-refractivity contribution in [1.29, 1.82) is 0 Å². The zero-order valence-electron chi connectivity index (χ0n) is 2.49. The number of nitrogens with one attached hydrogen (secondary N) is 1. The Morgan fingerprint density at radius 3 is 1.60 bits per heavy atom. The minimum atomic E-state index is 0. The van der Waals surface area contributed by atoms with Crippen LogP contribution in [0.3, 0.4) is 0 Å². The maximum absolute atomic E-state index is 5.71. The molecule has 0 saturated carbocycles. The summed E-state index contributed by atoms with van der Waals surface area (Å²) in [5.74, 6) is 5.71. The zero-order chi connectivity index (χ0) is 2.71. The van der Waals surface area contributed by atoms with Gasteiger partial charge in [0.2, 0.25) is 0 Å². The molecule has 5 heavy (non-hydrogen) atoms. The summed E-state index contributed by atoms with van der Waals surface area (Å²) in [4.78, 5) is 3.50. The standard InChI is InChI=1S/CH4NO.CH4.Y/c1-3-2;;/h2H,1H3;1H4;/q-1;;. The van der Waals surface area contributed by atoms with Crippen LogP contribution in [0.1, 0.15) is 7.43 Å². The first-order valence-corrected chi connectivity index (χ1v) is 0.612. The van der Waals surface area contributed by atoms with Crippen LogP contribution in [0.4, 0.5) is 0 Å². The molecule has 0 aliphatic rings. The van der Waals surface area contributed by atoms with E-state index in [0.29, 0.717) is 0 Å². The summed E-state index contributed by atoms with van der Waals surface area (Å²) in [6, 6.07) is 0. The third kappa shape index (κ3) is 43.8. The molecule has 0 amide bonds. The topological polar surface area (TPSA) is 33.0 Å². The maximum Gasteiger partial charge on any atom is 0.0129 e. The molecule has 0 fully saturated rings. The van der Waals surface area contributed by atoms with Crippen molar-refractivity contribution < 1.29 is 37.5 Å². The van der Waals surface area contributed by atoms with Gasteiger partial charge in [0.1, 0.15) is 0 Å².